The number of amides is 1. The topological polar surface area (TPSA) is 38.1 Å². The maximum atomic E-state index is 13.5. The van der Waals surface area contributed by atoms with Crippen LogP contribution < -0.4 is 0 Å². The summed E-state index contributed by atoms with van der Waals surface area (Å²) in [6, 6.07) is 6.70. The maximum Gasteiger partial charge on any atom is 0.257 e. The fourth-order valence-electron chi connectivity index (χ4n) is 4.23. The van der Waals surface area contributed by atoms with Crippen molar-refractivity contribution < 1.29 is 9.18 Å². The second-order valence-corrected chi connectivity index (χ2v) is 7.20. The van der Waals surface area contributed by atoms with Crippen LogP contribution in [0.25, 0.3) is 0 Å². The molecule has 2 aliphatic rings. The maximum absolute atomic E-state index is 13.5. The van der Waals surface area contributed by atoms with E-state index in [-0.39, 0.29) is 17.3 Å². The highest BCUT2D eigenvalue weighted by molar-refractivity contribution is 5.96. The normalized spacial score (nSPS) is 22.8. The van der Waals surface area contributed by atoms with Gasteiger partial charge in [-0.25, -0.2) is 4.39 Å². The first kappa shape index (κ1) is 15.4. The zero-order valence-electron chi connectivity index (χ0n) is 14.0. The molecule has 126 valence electrons. The number of carbonyl (C=O) groups is 1. The molecule has 0 spiro atoms. The van der Waals surface area contributed by atoms with E-state index in [1.807, 2.05) is 15.6 Å². The van der Waals surface area contributed by atoms with Crippen molar-refractivity contribution in [3.05, 3.63) is 53.1 Å². The Hall–Kier alpha value is -2.17. The van der Waals surface area contributed by atoms with Gasteiger partial charge >= 0.3 is 0 Å². The number of carbonyl (C=O) groups excluding carboxylic acids is 1. The number of rotatable bonds is 3. The van der Waals surface area contributed by atoms with Gasteiger partial charge in [0.2, 0.25) is 0 Å². The summed E-state index contributed by atoms with van der Waals surface area (Å²) >= 11 is 0. The van der Waals surface area contributed by atoms with Crippen LogP contribution in [0.4, 0.5) is 4.39 Å². The van der Waals surface area contributed by atoms with Crippen molar-refractivity contribution in [2.45, 2.75) is 51.1 Å². The van der Waals surface area contributed by atoms with E-state index in [2.05, 4.69) is 12.0 Å². The van der Waals surface area contributed by atoms with Crippen molar-refractivity contribution >= 4 is 5.91 Å². The first-order valence-electron chi connectivity index (χ1n) is 8.68. The summed E-state index contributed by atoms with van der Waals surface area (Å²) in [4.78, 5) is 15.1. The van der Waals surface area contributed by atoms with Gasteiger partial charge < -0.3 is 4.90 Å². The Bertz CT molecular complexity index is 785. The smallest absolute Gasteiger partial charge is 0.257 e. The van der Waals surface area contributed by atoms with Gasteiger partial charge in [-0.05, 0) is 56.7 Å². The third kappa shape index (κ3) is 2.52. The van der Waals surface area contributed by atoms with Gasteiger partial charge in [0.1, 0.15) is 5.82 Å². The zero-order chi connectivity index (χ0) is 16.7. The molecule has 0 saturated carbocycles. The Balaban J connectivity index is 1.60. The molecule has 1 aromatic heterocycles. The first-order chi connectivity index (χ1) is 11.6. The quantitative estimate of drug-likeness (QED) is 0.868. The average Bonchev–Trinajstić information content (AvgIpc) is 3.21. The van der Waals surface area contributed by atoms with E-state index in [1.165, 1.54) is 6.07 Å². The number of aromatic nitrogens is 2. The third-order valence-corrected chi connectivity index (χ3v) is 5.43. The molecule has 5 heteroatoms. The third-order valence-electron chi connectivity index (χ3n) is 5.43. The van der Waals surface area contributed by atoms with E-state index in [9.17, 15) is 9.18 Å². The molecule has 1 fully saturated rings. The molecule has 1 amide bonds. The number of nitrogens with zero attached hydrogens (tertiary/aromatic N) is 3. The molecule has 1 aromatic carbocycles. The molecule has 0 bridgehead atoms. The molecule has 1 saturated heterocycles. The number of hydrogen-bond donors (Lipinski definition) is 0. The predicted molar refractivity (Wildman–Crippen MR) is 89.3 cm³/mol. The SMILES string of the molecule is C[C@]1(Cc2cccc(F)c2)CCCN1C(=O)c1cnn2c1CCC2. The number of fused-ring (bicyclic) bond motifs is 1. The van der Waals surface area contributed by atoms with E-state index in [0.717, 1.165) is 55.6 Å². The van der Waals surface area contributed by atoms with Gasteiger partial charge in [0.05, 0.1) is 17.5 Å². The molecule has 0 N–H and O–H groups in total. The molecule has 2 aromatic rings. The summed E-state index contributed by atoms with van der Waals surface area (Å²) in [5.41, 5.74) is 2.50. The highest BCUT2D eigenvalue weighted by Gasteiger charge is 2.41. The van der Waals surface area contributed by atoms with Gasteiger partial charge in [-0.1, -0.05) is 12.1 Å². The first-order valence-corrected chi connectivity index (χ1v) is 8.68. The van der Waals surface area contributed by atoms with Crippen molar-refractivity contribution in [1.82, 2.24) is 14.7 Å². The van der Waals surface area contributed by atoms with Crippen LogP contribution in [0.2, 0.25) is 0 Å². The van der Waals surface area contributed by atoms with Crippen molar-refractivity contribution in [2.75, 3.05) is 6.54 Å². The summed E-state index contributed by atoms with van der Waals surface area (Å²) in [5, 5.41) is 4.35. The molecule has 4 nitrogen and oxygen atoms in total. The minimum Gasteiger partial charge on any atom is -0.333 e. The summed E-state index contributed by atoms with van der Waals surface area (Å²) in [5.74, 6) is -0.143. The summed E-state index contributed by atoms with van der Waals surface area (Å²) in [6.45, 7) is 3.78. The number of likely N-dealkylation sites (tertiary alicyclic amines) is 1. The van der Waals surface area contributed by atoms with E-state index in [1.54, 1.807) is 18.3 Å². The number of aryl methyl sites for hydroxylation is 1. The summed E-state index contributed by atoms with van der Waals surface area (Å²) in [7, 11) is 0. The highest BCUT2D eigenvalue weighted by Crippen LogP contribution is 2.34. The number of halogens is 1. The minimum absolute atomic E-state index is 0.0783. The summed E-state index contributed by atoms with van der Waals surface area (Å²) in [6.07, 6.45) is 6.32. The predicted octanol–water partition coefficient (Wildman–Crippen LogP) is 3.21. The lowest BCUT2D eigenvalue weighted by Gasteiger charge is -2.35. The standard InChI is InChI=1S/C19H22FN3O/c1-19(12-14-5-2-6-15(20)11-14)8-4-9-22(19)18(24)16-13-21-23-10-3-7-17(16)23/h2,5-6,11,13H,3-4,7-10,12H2,1H3/t19-/m1/s1. The van der Waals surface area contributed by atoms with Gasteiger partial charge in [0.15, 0.2) is 0 Å². The highest BCUT2D eigenvalue weighted by atomic mass is 19.1. The lowest BCUT2D eigenvalue weighted by atomic mass is 9.89. The van der Waals surface area contributed by atoms with E-state index in [0.29, 0.717) is 6.42 Å². The van der Waals surface area contributed by atoms with E-state index < -0.39 is 0 Å². The van der Waals surface area contributed by atoms with E-state index in [4.69, 9.17) is 0 Å². The molecule has 0 radical (unpaired) electrons. The van der Waals surface area contributed by atoms with Crippen molar-refractivity contribution in [1.29, 1.82) is 0 Å². The van der Waals surface area contributed by atoms with Crippen LogP contribution in [0.3, 0.4) is 0 Å². The minimum atomic E-state index is -0.266. The molecule has 1 atom stereocenters. The number of hydrogen-bond acceptors (Lipinski definition) is 2. The van der Waals surface area contributed by atoms with Gasteiger partial charge in [-0.15, -0.1) is 0 Å². The van der Waals surface area contributed by atoms with Crippen LogP contribution in [0.1, 0.15) is 47.8 Å². The molecule has 0 aliphatic carbocycles. The van der Waals surface area contributed by atoms with Crippen LogP contribution >= 0.6 is 0 Å². The molecule has 0 unspecified atom stereocenters. The zero-order valence-corrected chi connectivity index (χ0v) is 14.0. The monoisotopic (exact) mass is 327 g/mol. The Labute approximate surface area is 141 Å². The van der Waals surface area contributed by atoms with Crippen LogP contribution in [-0.2, 0) is 19.4 Å². The van der Waals surface area contributed by atoms with Crippen molar-refractivity contribution in [3.8, 4) is 0 Å². The fraction of sp³-hybridized carbons (Fsp3) is 0.474. The Morgan fingerprint density at radius 1 is 1.33 bits per heavy atom. The lowest BCUT2D eigenvalue weighted by Crippen LogP contribution is -2.46. The van der Waals surface area contributed by atoms with Crippen LogP contribution in [-0.4, -0.2) is 32.7 Å². The largest absolute Gasteiger partial charge is 0.333 e. The second kappa shape index (κ2) is 5.72. The summed E-state index contributed by atoms with van der Waals surface area (Å²) < 4.78 is 15.5. The van der Waals surface area contributed by atoms with Gasteiger partial charge in [0.25, 0.3) is 5.91 Å². The van der Waals surface area contributed by atoms with Crippen LogP contribution in [0.15, 0.2) is 30.5 Å². The molecule has 3 heterocycles. The Morgan fingerprint density at radius 3 is 3.04 bits per heavy atom. The molecular formula is C19H22FN3O. The molecule has 4 rings (SSSR count). The number of benzene rings is 1. The Morgan fingerprint density at radius 2 is 2.21 bits per heavy atom. The van der Waals surface area contributed by atoms with Crippen LogP contribution in [0.5, 0.6) is 0 Å². The molecule has 24 heavy (non-hydrogen) atoms. The van der Waals surface area contributed by atoms with Gasteiger partial charge in [-0.3, -0.25) is 9.48 Å². The Kier molecular flexibility index (Phi) is 3.66. The van der Waals surface area contributed by atoms with Crippen LogP contribution in [0, 0.1) is 5.82 Å². The van der Waals surface area contributed by atoms with Crippen molar-refractivity contribution in [2.24, 2.45) is 0 Å². The average molecular weight is 327 g/mol. The second-order valence-electron chi connectivity index (χ2n) is 7.20. The van der Waals surface area contributed by atoms with Gasteiger partial charge in [-0.2, -0.15) is 5.10 Å². The van der Waals surface area contributed by atoms with Crippen molar-refractivity contribution in [3.63, 3.8) is 0 Å². The lowest BCUT2D eigenvalue weighted by molar-refractivity contribution is 0.0623. The van der Waals surface area contributed by atoms with Gasteiger partial charge in [0, 0.05) is 18.6 Å². The fourth-order valence-corrected chi connectivity index (χ4v) is 4.23. The molecular weight excluding hydrogens is 305 g/mol. The van der Waals surface area contributed by atoms with E-state index >= 15 is 0 Å². The molecule has 2 aliphatic heterocycles.